The van der Waals surface area contributed by atoms with Gasteiger partial charge in [-0.1, -0.05) is 13.8 Å². The van der Waals surface area contributed by atoms with Crippen LogP contribution in [0, 0.1) is 15.5 Å². The summed E-state index contributed by atoms with van der Waals surface area (Å²) >= 11 is 0. The molecule has 8 nitrogen and oxygen atoms in total. The van der Waals surface area contributed by atoms with Crippen molar-refractivity contribution in [1.29, 1.82) is 0 Å². The maximum atomic E-state index is 11.9. The summed E-state index contributed by atoms with van der Waals surface area (Å²) < 4.78 is 1.26. The molecule has 1 aromatic rings. The summed E-state index contributed by atoms with van der Waals surface area (Å²) in [6.45, 7) is 4.90. The lowest BCUT2D eigenvalue weighted by molar-refractivity contribution is -0.389. The Balaban J connectivity index is 0.00000361. The lowest BCUT2D eigenvalue weighted by Crippen LogP contribution is -2.41. The van der Waals surface area contributed by atoms with Gasteiger partial charge in [0.1, 0.15) is 6.54 Å². The Kier molecular flexibility index (Phi) is 6.60. The predicted molar refractivity (Wildman–Crippen MR) is 76.6 cm³/mol. The van der Waals surface area contributed by atoms with E-state index < -0.39 is 4.92 Å². The zero-order valence-corrected chi connectivity index (χ0v) is 12.6. The number of nitrogens with zero attached hydrogens (tertiary/aromatic N) is 4. The maximum absolute atomic E-state index is 11.9. The zero-order valence-electron chi connectivity index (χ0n) is 11.8. The molecule has 0 saturated heterocycles. The van der Waals surface area contributed by atoms with E-state index in [1.54, 1.807) is 11.9 Å². The number of halogens is 1. The van der Waals surface area contributed by atoms with Crippen LogP contribution < -0.4 is 5.73 Å². The van der Waals surface area contributed by atoms with Gasteiger partial charge < -0.3 is 20.7 Å². The van der Waals surface area contributed by atoms with Crippen molar-refractivity contribution < 1.29 is 9.72 Å². The Morgan fingerprint density at radius 2 is 2.20 bits per heavy atom. The molecule has 0 fully saturated rings. The van der Waals surface area contributed by atoms with E-state index in [1.165, 1.54) is 16.9 Å². The number of nitro groups is 1. The van der Waals surface area contributed by atoms with Gasteiger partial charge in [-0.3, -0.25) is 4.79 Å². The fraction of sp³-hybridized carbons (Fsp3) is 0.636. The Labute approximate surface area is 123 Å². The van der Waals surface area contributed by atoms with Crippen molar-refractivity contribution in [3.8, 4) is 0 Å². The second kappa shape index (κ2) is 7.20. The van der Waals surface area contributed by atoms with Gasteiger partial charge in [-0.2, -0.15) is 4.68 Å². The molecule has 0 atom stereocenters. The molecule has 0 aliphatic heterocycles. The second-order valence-electron chi connectivity index (χ2n) is 5.25. The topological polar surface area (TPSA) is 107 Å². The van der Waals surface area contributed by atoms with Gasteiger partial charge in [0.05, 0.1) is 17.4 Å². The van der Waals surface area contributed by atoms with E-state index in [1.807, 2.05) is 13.8 Å². The van der Waals surface area contributed by atoms with Crippen LogP contribution in [0.15, 0.2) is 12.3 Å². The van der Waals surface area contributed by atoms with Crippen molar-refractivity contribution >= 4 is 24.1 Å². The van der Waals surface area contributed by atoms with Crippen LogP contribution in [0.1, 0.15) is 13.8 Å². The first-order valence-corrected chi connectivity index (χ1v) is 5.87. The van der Waals surface area contributed by atoms with Gasteiger partial charge in [0.2, 0.25) is 5.91 Å². The Morgan fingerprint density at radius 3 is 2.65 bits per heavy atom. The molecule has 9 heteroatoms. The first-order valence-electron chi connectivity index (χ1n) is 5.87. The normalized spacial score (nSPS) is 10.8. The van der Waals surface area contributed by atoms with E-state index >= 15 is 0 Å². The van der Waals surface area contributed by atoms with Crippen LogP contribution in [-0.4, -0.2) is 45.6 Å². The van der Waals surface area contributed by atoms with E-state index in [0.29, 0.717) is 13.1 Å². The summed E-state index contributed by atoms with van der Waals surface area (Å²) in [5.41, 5.74) is 5.45. The van der Waals surface area contributed by atoms with Gasteiger partial charge in [-0.25, -0.2) is 0 Å². The lowest BCUT2D eigenvalue weighted by Gasteiger charge is -2.28. The third kappa shape index (κ3) is 5.14. The highest BCUT2D eigenvalue weighted by atomic mass is 35.5. The molecule has 2 N–H and O–H groups in total. The molecule has 20 heavy (non-hydrogen) atoms. The fourth-order valence-corrected chi connectivity index (χ4v) is 1.59. The van der Waals surface area contributed by atoms with Crippen LogP contribution in [0.3, 0.4) is 0 Å². The lowest BCUT2D eigenvalue weighted by atomic mass is 9.93. The monoisotopic (exact) mass is 305 g/mol. The van der Waals surface area contributed by atoms with Crippen molar-refractivity contribution in [2.75, 3.05) is 20.1 Å². The standard InChI is InChI=1S/C11H19N5O3.ClH/c1-11(2,7-12)8-14(3)10(17)6-15-5-4-9(13-15)16(18)19;/h4-5H,6-8,12H2,1-3H3;1H. The number of hydrogen-bond acceptors (Lipinski definition) is 5. The summed E-state index contributed by atoms with van der Waals surface area (Å²) in [7, 11) is 1.68. The number of aromatic nitrogens is 2. The zero-order chi connectivity index (χ0) is 14.6. The summed E-state index contributed by atoms with van der Waals surface area (Å²) in [5, 5.41) is 14.2. The number of carbonyl (C=O) groups excluding carboxylic acids is 1. The van der Waals surface area contributed by atoms with Crippen LogP contribution in [0.5, 0.6) is 0 Å². The molecular weight excluding hydrogens is 286 g/mol. The average Bonchev–Trinajstić information content (AvgIpc) is 2.77. The van der Waals surface area contributed by atoms with E-state index in [-0.39, 0.29) is 36.1 Å². The summed E-state index contributed by atoms with van der Waals surface area (Å²) in [4.78, 5) is 23.4. The first kappa shape index (κ1) is 18.3. The van der Waals surface area contributed by atoms with Crippen molar-refractivity contribution in [2.24, 2.45) is 11.1 Å². The van der Waals surface area contributed by atoms with Gasteiger partial charge in [0.15, 0.2) is 0 Å². The number of hydrogen-bond donors (Lipinski definition) is 1. The predicted octanol–water partition coefficient (Wildman–Crippen LogP) is 0.656. The molecule has 0 saturated carbocycles. The minimum atomic E-state index is -0.595. The number of amides is 1. The molecule has 0 aromatic carbocycles. The molecule has 0 radical (unpaired) electrons. The van der Waals surface area contributed by atoms with Gasteiger partial charge in [0.25, 0.3) is 0 Å². The maximum Gasteiger partial charge on any atom is 0.389 e. The molecule has 0 aliphatic carbocycles. The molecular formula is C11H20ClN5O3. The fourth-order valence-electron chi connectivity index (χ4n) is 1.59. The second-order valence-corrected chi connectivity index (χ2v) is 5.25. The van der Waals surface area contributed by atoms with Crippen molar-refractivity contribution in [3.63, 3.8) is 0 Å². The third-order valence-electron chi connectivity index (χ3n) is 2.75. The molecule has 0 unspecified atom stereocenters. The molecule has 0 aliphatic rings. The van der Waals surface area contributed by atoms with Gasteiger partial charge in [-0.05, 0) is 16.9 Å². The van der Waals surface area contributed by atoms with Crippen molar-refractivity contribution in [2.45, 2.75) is 20.4 Å². The number of rotatable bonds is 6. The van der Waals surface area contributed by atoms with E-state index in [2.05, 4.69) is 5.10 Å². The summed E-state index contributed by atoms with van der Waals surface area (Å²) in [6, 6.07) is 1.26. The highest BCUT2D eigenvalue weighted by Crippen LogP contribution is 2.14. The van der Waals surface area contributed by atoms with Crippen molar-refractivity contribution in [1.82, 2.24) is 14.7 Å². The van der Waals surface area contributed by atoms with Gasteiger partial charge >= 0.3 is 5.82 Å². The molecule has 1 aromatic heterocycles. The van der Waals surface area contributed by atoms with E-state index in [0.717, 1.165) is 0 Å². The van der Waals surface area contributed by atoms with Crippen LogP contribution in [0.25, 0.3) is 0 Å². The molecule has 1 amide bonds. The Bertz CT molecular complexity index is 474. The molecule has 1 rings (SSSR count). The average molecular weight is 306 g/mol. The first-order chi connectivity index (χ1) is 8.75. The smallest absolute Gasteiger partial charge is 0.358 e. The van der Waals surface area contributed by atoms with E-state index in [9.17, 15) is 14.9 Å². The van der Waals surface area contributed by atoms with Crippen LogP contribution >= 0.6 is 12.4 Å². The van der Waals surface area contributed by atoms with Gasteiger partial charge in [0, 0.05) is 13.6 Å². The quantitative estimate of drug-likeness (QED) is 0.613. The highest BCUT2D eigenvalue weighted by molar-refractivity contribution is 5.85. The molecule has 0 bridgehead atoms. The third-order valence-corrected chi connectivity index (χ3v) is 2.75. The Morgan fingerprint density at radius 1 is 1.60 bits per heavy atom. The minimum absolute atomic E-state index is 0. The van der Waals surface area contributed by atoms with Gasteiger partial charge in [-0.15, -0.1) is 12.4 Å². The van der Waals surface area contributed by atoms with E-state index in [4.69, 9.17) is 5.73 Å². The van der Waals surface area contributed by atoms with Crippen LogP contribution in [-0.2, 0) is 11.3 Å². The van der Waals surface area contributed by atoms with Crippen LogP contribution in [0.4, 0.5) is 5.82 Å². The number of nitrogens with two attached hydrogens (primary N) is 1. The Hall–Kier alpha value is -1.67. The van der Waals surface area contributed by atoms with Crippen LogP contribution in [0.2, 0.25) is 0 Å². The van der Waals surface area contributed by atoms with Crippen molar-refractivity contribution in [3.05, 3.63) is 22.4 Å². The SMILES string of the molecule is CN(CC(C)(C)CN)C(=O)Cn1ccc([N+](=O)[O-])n1.Cl. The summed E-state index contributed by atoms with van der Waals surface area (Å²) in [6.07, 6.45) is 1.41. The molecule has 1 heterocycles. The minimum Gasteiger partial charge on any atom is -0.358 e. The molecule has 0 spiro atoms. The molecule has 114 valence electrons. The largest absolute Gasteiger partial charge is 0.389 e. The number of carbonyl (C=O) groups is 1. The highest BCUT2D eigenvalue weighted by Gasteiger charge is 2.22. The summed E-state index contributed by atoms with van der Waals surface area (Å²) in [5.74, 6) is -0.433. The number of likely N-dealkylation sites (N-methyl/N-ethyl adjacent to an activating group) is 1.